The SMILES string of the molecule is Cc1ccc(Oc2ncnc(NC(C)C)c2[N+](=O)[O-])cc1C. The van der Waals surface area contributed by atoms with E-state index in [0.717, 1.165) is 11.1 Å². The van der Waals surface area contributed by atoms with Crippen molar-refractivity contribution in [2.45, 2.75) is 33.7 Å². The van der Waals surface area contributed by atoms with Crippen molar-refractivity contribution in [2.24, 2.45) is 0 Å². The first-order valence-corrected chi connectivity index (χ1v) is 6.89. The molecule has 2 aromatic rings. The molecule has 0 aliphatic heterocycles. The number of nitrogens with one attached hydrogen (secondary N) is 1. The lowest BCUT2D eigenvalue weighted by atomic mass is 10.1. The van der Waals surface area contributed by atoms with Crippen LogP contribution in [0.15, 0.2) is 24.5 Å². The maximum absolute atomic E-state index is 11.3. The molecule has 0 bridgehead atoms. The smallest absolute Gasteiger partial charge is 0.373 e. The van der Waals surface area contributed by atoms with Gasteiger partial charge in [-0.15, -0.1) is 0 Å². The topological polar surface area (TPSA) is 90.2 Å². The van der Waals surface area contributed by atoms with Crippen LogP contribution in [0.3, 0.4) is 0 Å². The number of nitro groups is 1. The third-order valence-corrected chi connectivity index (χ3v) is 3.09. The van der Waals surface area contributed by atoms with E-state index in [1.54, 1.807) is 6.07 Å². The van der Waals surface area contributed by atoms with Crippen LogP contribution in [0.25, 0.3) is 0 Å². The number of ether oxygens (including phenoxy) is 1. The molecule has 0 saturated heterocycles. The molecule has 0 saturated carbocycles. The highest BCUT2D eigenvalue weighted by atomic mass is 16.6. The summed E-state index contributed by atoms with van der Waals surface area (Å²) in [6.45, 7) is 7.67. The van der Waals surface area contributed by atoms with Gasteiger partial charge in [-0.25, -0.2) is 4.98 Å². The molecule has 1 N–H and O–H groups in total. The molecule has 22 heavy (non-hydrogen) atoms. The Morgan fingerprint density at radius 2 is 1.95 bits per heavy atom. The molecule has 1 heterocycles. The summed E-state index contributed by atoms with van der Waals surface area (Å²) >= 11 is 0. The second kappa shape index (κ2) is 6.38. The van der Waals surface area contributed by atoms with Crippen LogP contribution in [0.4, 0.5) is 11.5 Å². The van der Waals surface area contributed by atoms with E-state index in [1.807, 2.05) is 39.8 Å². The van der Waals surface area contributed by atoms with E-state index < -0.39 is 4.92 Å². The monoisotopic (exact) mass is 302 g/mol. The van der Waals surface area contributed by atoms with Crippen molar-refractivity contribution in [3.05, 3.63) is 45.8 Å². The van der Waals surface area contributed by atoms with Crippen LogP contribution in [-0.4, -0.2) is 20.9 Å². The Balaban J connectivity index is 2.41. The maximum atomic E-state index is 11.3. The van der Waals surface area contributed by atoms with Crippen molar-refractivity contribution in [3.63, 3.8) is 0 Å². The highest BCUT2D eigenvalue weighted by Gasteiger charge is 2.25. The van der Waals surface area contributed by atoms with E-state index in [0.29, 0.717) is 5.75 Å². The van der Waals surface area contributed by atoms with E-state index in [1.165, 1.54) is 6.33 Å². The molecule has 0 unspecified atom stereocenters. The number of aromatic nitrogens is 2. The highest BCUT2D eigenvalue weighted by Crippen LogP contribution is 2.34. The molecular formula is C15H18N4O3. The van der Waals surface area contributed by atoms with Crippen LogP contribution in [0.1, 0.15) is 25.0 Å². The third kappa shape index (κ3) is 3.49. The number of benzene rings is 1. The average molecular weight is 302 g/mol. The van der Waals surface area contributed by atoms with Crippen molar-refractivity contribution in [1.82, 2.24) is 9.97 Å². The van der Waals surface area contributed by atoms with Crippen molar-refractivity contribution in [2.75, 3.05) is 5.32 Å². The summed E-state index contributed by atoms with van der Waals surface area (Å²) in [5.41, 5.74) is 1.89. The summed E-state index contributed by atoms with van der Waals surface area (Å²) in [4.78, 5) is 18.6. The second-order valence-electron chi connectivity index (χ2n) is 5.28. The fraction of sp³-hybridized carbons (Fsp3) is 0.333. The molecule has 1 aromatic heterocycles. The molecule has 2 rings (SSSR count). The first-order valence-electron chi connectivity index (χ1n) is 6.89. The highest BCUT2D eigenvalue weighted by molar-refractivity contribution is 5.62. The Hall–Kier alpha value is -2.70. The molecule has 7 heteroatoms. The zero-order valence-corrected chi connectivity index (χ0v) is 13.0. The van der Waals surface area contributed by atoms with Crippen molar-refractivity contribution in [1.29, 1.82) is 0 Å². The van der Waals surface area contributed by atoms with Gasteiger partial charge >= 0.3 is 11.6 Å². The van der Waals surface area contributed by atoms with Gasteiger partial charge in [0.1, 0.15) is 12.1 Å². The van der Waals surface area contributed by atoms with E-state index in [4.69, 9.17) is 4.74 Å². The number of hydrogen-bond donors (Lipinski definition) is 1. The van der Waals surface area contributed by atoms with Gasteiger partial charge in [-0.05, 0) is 51.0 Å². The Morgan fingerprint density at radius 3 is 2.55 bits per heavy atom. The van der Waals surface area contributed by atoms with Crippen molar-refractivity contribution >= 4 is 11.5 Å². The van der Waals surface area contributed by atoms with Crippen LogP contribution in [-0.2, 0) is 0 Å². The minimum absolute atomic E-state index is 0.00284. The maximum Gasteiger partial charge on any atom is 0.373 e. The number of anilines is 1. The number of hydrogen-bond acceptors (Lipinski definition) is 6. The lowest BCUT2D eigenvalue weighted by molar-refractivity contribution is -0.385. The average Bonchev–Trinajstić information content (AvgIpc) is 2.42. The Labute approximate surface area is 128 Å². The predicted molar refractivity (Wildman–Crippen MR) is 83.4 cm³/mol. The lowest BCUT2D eigenvalue weighted by Gasteiger charge is -2.11. The van der Waals surface area contributed by atoms with Gasteiger partial charge in [0.25, 0.3) is 0 Å². The Morgan fingerprint density at radius 1 is 1.23 bits per heavy atom. The predicted octanol–water partition coefficient (Wildman–Crippen LogP) is 3.61. The van der Waals surface area contributed by atoms with E-state index in [-0.39, 0.29) is 23.4 Å². The molecule has 0 spiro atoms. The van der Waals surface area contributed by atoms with Gasteiger partial charge in [0.05, 0.1) is 4.92 Å². The fourth-order valence-corrected chi connectivity index (χ4v) is 1.87. The van der Waals surface area contributed by atoms with Gasteiger partial charge in [-0.2, -0.15) is 4.98 Å². The van der Waals surface area contributed by atoms with Crippen LogP contribution in [0.2, 0.25) is 0 Å². The van der Waals surface area contributed by atoms with Crippen molar-refractivity contribution in [3.8, 4) is 11.6 Å². The summed E-state index contributed by atoms with van der Waals surface area (Å²) in [7, 11) is 0. The van der Waals surface area contributed by atoms with Crippen LogP contribution in [0.5, 0.6) is 11.6 Å². The van der Waals surface area contributed by atoms with E-state index in [9.17, 15) is 10.1 Å². The summed E-state index contributed by atoms with van der Waals surface area (Å²) in [5.74, 6) is 0.570. The number of nitrogens with zero attached hydrogens (tertiary/aromatic N) is 3. The fourth-order valence-electron chi connectivity index (χ4n) is 1.87. The van der Waals surface area contributed by atoms with Gasteiger partial charge in [0.15, 0.2) is 0 Å². The number of rotatable bonds is 5. The first-order chi connectivity index (χ1) is 10.4. The molecule has 0 aliphatic rings. The quantitative estimate of drug-likeness (QED) is 0.670. The van der Waals surface area contributed by atoms with E-state index >= 15 is 0 Å². The van der Waals surface area contributed by atoms with Gasteiger partial charge in [0.2, 0.25) is 5.82 Å². The minimum atomic E-state index is -0.541. The van der Waals surface area contributed by atoms with Gasteiger partial charge in [-0.3, -0.25) is 10.1 Å². The first kappa shape index (κ1) is 15.7. The normalized spacial score (nSPS) is 10.6. The molecule has 0 atom stereocenters. The van der Waals surface area contributed by atoms with Gasteiger partial charge in [0, 0.05) is 6.04 Å². The largest absolute Gasteiger partial charge is 0.434 e. The van der Waals surface area contributed by atoms with Crippen LogP contribution in [0, 0.1) is 24.0 Å². The second-order valence-corrected chi connectivity index (χ2v) is 5.28. The lowest BCUT2D eigenvalue weighted by Crippen LogP contribution is -2.13. The third-order valence-electron chi connectivity index (χ3n) is 3.09. The van der Waals surface area contributed by atoms with Gasteiger partial charge in [-0.1, -0.05) is 6.07 Å². The summed E-state index contributed by atoms with van der Waals surface area (Å²) < 4.78 is 5.60. The number of aryl methyl sites for hydroxylation is 2. The van der Waals surface area contributed by atoms with Crippen molar-refractivity contribution < 1.29 is 9.66 Å². The van der Waals surface area contributed by atoms with Crippen LogP contribution >= 0.6 is 0 Å². The summed E-state index contributed by atoms with van der Waals surface area (Å²) in [6, 6.07) is 5.47. The summed E-state index contributed by atoms with van der Waals surface area (Å²) in [5, 5.41) is 14.3. The zero-order chi connectivity index (χ0) is 16.3. The molecule has 0 fully saturated rings. The molecule has 116 valence electrons. The van der Waals surface area contributed by atoms with E-state index in [2.05, 4.69) is 15.3 Å². The molecule has 0 radical (unpaired) electrons. The molecule has 7 nitrogen and oxygen atoms in total. The summed E-state index contributed by atoms with van der Waals surface area (Å²) in [6.07, 6.45) is 1.24. The minimum Gasteiger partial charge on any atom is -0.434 e. The molecular weight excluding hydrogens is 284 g/mol. The van der Waals surface area contributed by atoms with Gasteiger partial charge < -0.3 is 10.1 Å². The van der Waals surface area contributed by atoms with Crippen LogP contribution < -0.4 is 10.1 Å². The standard InChI is InChI=1S/C15H18N4O3/c1-9(2)18-14-13(19(20)21)15(17-8-16-14)22-12-6-5-10(3)11(4)7-12/h5-9H,1-4H3,(H,16,17,18). The Kier molecular flexibility index (Phi) is 4.55. The Bertz CT molecular complexity index is 701. The molecule has 0 aliphatic carbocycles. The zero-order valence-electron chi connectivity index (χ0n) is 13.0. The molecule has 0 amide bonds. The molecule has 1 aromatic carbocycles.